The van der Waals surface area contributed by atoms with Gasteiger partial charge in [0, 0.05) is 5.75 Å². The highest BCUT2D eigenvalue weighted by molar-refractivity contribution is 7.80. The topological polar surface area (TPSA) is 231 Å². The molecule has 0 saturated heterocycles. The van der Waals surface area contributed by atoms with Gasteiger partial charge in [-0.3, -0.25) is 28.8 Å². The van der Waals surface area contributed by atoms with Crippen molar-refractivity contribution in [2.45, 2.75) is 43.9 Å². The number of hydrogen-bond acceptors (Lipinski definition) is 8. The summed E-state index contributed by atoms with van der Waals surface area (Å²) in [7, 11) is 0. The Morgan fingerprint density at radius 3 is 1.79 bits per heavy atom. The third-order valence-corrected chi connectivity index (χ3v) is 3.71. The highest BCUT2D eigenvalue weighted by Gasteiger charge is 2.31. The Labute approximate surface area is 165 Å². The van der Waals surface area contributed by atoms with Crippen molar-refractivity contribution < 1.29 is 39.0 Å². The van der Waals surface area contributed by atoms with Crippen molar-refractivity contribution in [3.05, 3.63) is 0 Å². The highest BCUT2D eigenvalue weighted by atomic mass is 32.1. The molecule has 0 spiro atoms. The minimum Gasteiger partial charge on any atom is -0.481 e. The molecular formula is C14H23N5O8S. The number of nitrogens with one attached hydrogen (secondary N) is 3. The molecule has 9 N–H and O–H groups in total. The molecule has 4 unspecified atom stereocenters. The molecule has 13 nitrogen and oxygen atoms in total. The fraction of sp³-hybridized carbons (Fsp3) is 0.571. The average molecular weight is 421 g/mol. The summed E-state index contributed by atoms with van der Waals surface area (Å²) < 4.78 is 0. The van der Waals surface area contributed by atoms with E-state index >= 15 is 0 Å². The van der Waals surface area contributed by atoms with Gasteiger partial charge in [-0.15, -0.1) is 0 Å². The lowest BCUT2D eigenvalue weighted by molar-refractivity contribution is -0.143. The summed E-state index contributed by atoms with van der Waals surface area (Å²) in [6, 6.07) is -5.65. The van der Waals surface area contributed by atoms with Gasteiger partial charge in [-0.2, -0.15) is 12.6 Å². The van der Waals surface area contributed by atoms with Crippen LogP contribution in [0.1, 0.15) is 19.8 Å². The Morgan fingerprint density at radius 1 is 0.893 bits per heavy atom. The van der Waals surface area contributed by atoms with Gasteiger partial charge in [0.2, 0.25) is 23.6 Å². The number of thiol groups is 1. The van der Waals surface area contributed by atoms with Crippen molar-refractivity contribution in [3.63, 3.8) is 0 Å². The van der Waals surface area contributed by atoms with Crippen LogP contribution in [0, 0.1) is 0 Å². The molecule has 0 heterocycles. The van der Waals surface area contributed by atoms with E-state index in [1.54, 1.807) is 0 Å². The summed E-state index contributed by atoms with van der Waals surface area (Å²) in [6.45, 7) is 1.13. The van der Waals surface area contributed by atoms with Crippen LogP contribution in [-0.4, -0.2) is 75.7 Å². The van der Waals surface area contributed by atoms with Gasteiger partial charge >= 0.3 is 11.9 Å². The number of nitrogens with two attached hydrogens (primary N) is 2. The average Bonchev–Trinajstić information content (AvgIpc) is 2.58. The quantitative estimate of drug-likeness (QED) is 0.144. The van der Waals surface area contributed by atoms with Gasteiger partial charge in [-0.25, -0.2) is 0 Å². The fourth-order valence-corrected chi connectivity index (χ4v) is 1.97. The van der Waals surface area contributed by atoms with Gasteiger partial charge in [-0.05, 0) is 6.92 Å². The second-order valence-corrected chi connectivity index (χ2v) is 6.11. The maximum absolute atomic E-state index is 12.4. The molecule has 0 aliphatic heterocycles. The predicted octanol–water partition coefficient (Wildman–Crippen LogP) is -3.85. The summed E-state index contributed by atoms with van der Waals surface area (Å²) >= 11 is 3.82. The molecule has 0 saturated carbocycles. The zero-order valence-corrected chi connectivity index (χ0v) is 15.8. The van der Waals surface area contributed by atoms with Crippen molar-refractivity contribution in [2.75, 3.05) is 5.75 Å². The summed E-state index contributed by atoms with van der Waals surface area (Å²) in [4.78, 5) is 69.2. The molecule has 4 amide bonds. The van der Waals surface area contributed by atoms with Crippen molar-refractivity contribution in [3.8, 4) is 0 Å². The molecule has 4 atom stereocenters. The Morgan fingerprint density at radius 2 is 1.36 bits per heavy atom. The molecule has 0 aromatic rings. The van der Waals surface area contributed by atoms with E-state index in [-0.39, 0.29) is 5.75 Å². The van der Waals surface area contributed by atoms with E-state index in [1.165, 1.54) is 0 Å². The largest absolute Gasteiger partial charge is 0.481 e. The van der Waals surface area contributed by atoms with Crippen LogP contribution in [0.4, 0.5) is 0 Å². The van der Waals surface area contributed by atoms with Gasteiger partial charge in [0.25, 0.3) is 0 Å². The van der Waals surface area contributed by atoms with Gasteiger partial charge < -0.3 is 37.6 Å². The summed E-state index contributed by atoms with van der Waals surface area (Å²) in [5.74, 6) is -6.85. The first-order valence-electron chi connectivity index (χ1n) is 7.89. The second-order valence-electron chi connectivity index (χ2n) is 5.75. The lowest BCUT2D eigenvalue weighted by Crippen LogP contribution is -2.58. The number of primary amides is 1. The van der Waals surface area contributed by atoms with E-state index < -0.39 is 72.6 Å². The van der Waals surface area contributed by atoms with E-state index in [2.05, 4.69) is 23.3 Å². The minimum atomic E-state index is -1.67. The zero-order valence-electron chi connectivity index (χ0n) is 14.9. The van der Waals surface area contributed by atoms with Crippen LogP contribution in [0.3, 0.4) is 0 Å². The molecule has 0 radical (unpaired) electrons. The Balaban J connectivity index is 5.35. The lowest BCUT2D eigenvalue weighted by atomic mass is 10.1. The lowest BCUT2D eigenvalue weighted by Gasteiger charge is -2.23. The van der Waals surface area contributed by atoms with Gasteiger partial charge in [0.15, 0.2) is 0 Å². The summed E-state index contributed by atoms with van der Waals surface area (Å²) in [6.07, 6.45) is -1.53. The van der Waals surface area contributed by atoms with E-state index in [4.69, 9.17) is 21.7 Å². The summed E-state index contributed by atoms with van der Waals surface area (Å²) in [5.41, 5.74) is 10.5. The zero-order chi connectivity index (χ0) is 22.0. The van der Waals surface area contributed by atoms with Crippen LogP contribution in [0.2, 0.25) is 0 Å². The number of aliphatic carboxylic acids is 2. The third kappa shape index (κ3) is 9.18. The number of carboxylic acid groups (broad SMARTS) is 2. The molecule has 0 aliphatic carbocycles. The molecule has 0 aliphatic rings. The van der Waals surface area contributed by atoms with Crippen LogP contribution in [0.25, 0.3) is 0 Å². The predicted molar refractivity (Wildman–Crippen MR) is 97.0 cm³/mol. The monoisotopic (exact) mass is 421 g/mol. The summed E-state index contributed by atoms with van der Waals surface area (Å²) in [5, 5.41) is 23.9. The first-order valence-corrected chi connectivity index (χ1v) is 8.52. The normalized spacial score (nSPS) is 14.7. The number of rotatable bonds is 12. The van der Waals surface area contributed by atoms with E-state index in [0.717, 1.165) is 6.92 Å². The van der Waals surface area contributed by atoms with Crippen molar-refractivity contribution in [1.29, 1.82) is 0 Å². The number of carbonyl (C=O) groups excluding carboxylic acids is 4. The van der Waals surface area contributed by atoms with Gasteiger partial charge in [-0.1, -0.05) is 0 Å². The van der Waals surface area contributed by atoms with Crippen molar-refractivity contribution in [2.24, 2.45) is 11.5 Å². The molecule has 0 bridgehead atoms. The molecule has 0 fully saturated rings. The van der Waals surface area contributed by atoms with Crippen LogP contribution in [0.15, 0.2) is 0 Å². The molecular weight excluding hydrogens is 398 g/mol. The standard InChI is InChI=1S/C14H23N5O8S/c1-5(14(26)27)17-12(24)8(3-10(21)22)19-13(25)7(2-9(16)20)18-11(23)6(15)4-28/h5-8,28H,2-4,15H2,1H3,(H2,16,20)(H,17,24)(H,18,23)(H,19,25)(H,21,22)(H,26,27). The maximum Gasteiger partial charge on any atom is 0.325 e. The fourth-order valence-electron chi connectivity index (χ4n) is 1.80. The van der Waals surface area contributed by atoms with Crippen LogP contribution in [-0.2, 0) is 28.8 Å². The Hall–Kier alpha value is -2.87. The van der Waals surface area contributed by atoms with E-state index in [0.29, 0.717) is 0 Å². The number of amides is 4. The molecule has 0 aromatic heterocycles. The molecule has 0 rings (SSSR count). The first kappa shape index (κ1) is 25.1. The maximum atomic E-state index is 12.4. The van der Waals surface area contributed by atoms with Crippen molar-refractivity contribution in [1.82, 2.24) is 16.0 Å². The van der Waals surface area contributed by atoms with E-state index in [1.807, 2.05) is 5.32 Å². The molecule has 28 heavy (non-hydrogen) atoms. The Bertz CT molecular complexity index is 643. The number of hydrogen-bond donors (Lipinski definition) is 8. The first-order chi connectivity index (χ1) is 12.9. The van der Waals surface area contributed by atoms with Crippen LogP contribution in [0.5, 0.6) is 0 Å². The number of carboxylic acids is 2. The van der Waals surface area contributed by atoms with E-state index in [9.17, 15) is 28.8 Å². The molecule has 158 valence electrons. The highest BCUT2D eigenvalue weighted by Crippen LogP contribution is 2.00. The van der Waals surface area contributed by atoms with Crippen LogP contribution < -0.4 is 27.4 Å². The van der Waals surface area contributed by atoms with Crippen LogP contribution >= 0.6 is 12.6 Å². The minimum absolute atomic E-state index is 0.0616. The van der Waals surface area contributed by atoms with Crippen molar-refractivity contribution >= 4 is 48.2 Å². The van der Waals surface area contributed by atoms with Gasteiger partial charge in [0.05, 0.1) is 18.9 Å². The number of carbonyl (C=O) groups is 6. The second kappa shape index (κ2) is 11.8. The molecule has 0 aromatic carbocycles. The smallest absolute Gasteiger partial charge is 0.325 e. The Kier molecular flexibility index (Phi) is 10.6. The van der Waals surface area contributed by atoms with Gasteiger partial charge in [0.1, 0.15) is 18.1 Å². The third-order valence-electron chi connectivity index (χ3n) is 3.31. The molecule has 14 heteroatoms. The SMILES string of the molecule is CC(NC(=O)C(CC(=O)O)NC(=O)C(CC(N)=O)NC(=O)C(N)CS)C(=O)O.